The van der Waals surface area contributed by atoms with E-state index in [2.05, 4.69) is 29.4 Å². The molecule has 1 fully saturated rings. The number of aromatic nitrogens is 1. The van der Waals surface area contributed by atoms with E-state index in [4.69, 9.17) is 22.1 Å². The molecule has 1 heterocycles. The molecule has 1 aliphatic rings. The van der Waals surface area contributed by atoms with Crippen LogP contribution in [0.25, 0.3) is 10.9 Å². The van der Waals surface area contributed by atoms with E-state index in [9.17, 15) is 9.90 Å². The van der Waals surface area contributed by atoms with E-state index in [0.717, 1.165) is 36.9 Å². The van der Waals surface area contributed by atoms with Crippen molar-refractivity contribution in [1.29, 1.82) is 0 Å². The molecule has 0 atom stereocenters. The van der Waals surface area contributed by atoms with Crippen LogP contribution < -0.4 is 15.8 Å². The highest BCUT2D eigenvalue weighted by atomic mass is 35.5. The van der Waals surface area contributed by atoms with Gasteiger partial charge >= 0.3 is 0 Å². The zero-order valence-corrected chi connectivity index (χ0v) is 19.6. The number of aliphatic hydroxyl groups is 1. The number of aliphatic hydroxyl groups excluding tert-OH is 1. The third-order valence-corrected chi connectivity index (χ3v) is 6.53. The second kappa shape index (κ2) is 10.4. The Morgan fingerprint density at radius 1 is 1.24 bits per heavy atom. The van der Waals surface area contributed by atoms with Crippen molar-refractivity contribution < 1.29 is 14.6 Å². The van der Waals surface area contributed by atoms with Crippen molar-refractivity contribution in [2.75, 3.05) is 11.9 Å². The fraction of sp³-hybridized carbons (Fsp3) is 0.385. The molecule has 0 unspecified atom stereocenters. The summed E-state index contributed by atoms with van der Waals surface area (Å²) in [6.07, 6.45) is 8.13. The van der Waals surface area contributed by atoms with Crippen molar-refractivity contribution >= 4 is 39.8 Å². The van der Waals surface area contributed by atoms with Crippen LogP contribution in [0.15, 0.2) is 36.5 Å². The summed E-state index contributed by atoms with van der Waals surface area (Å²) in [5.41, 5.74) is 9.98. The minimum atomic E-state index is -0.579. The Bertz CT molecular complexity index is 1160. The van der Waals surface area contributed by atoms with Crippen molar-refractivity contribution in [3.05, 3.63) is 58.2 Å². The molecule has 7 heteroatoms. The number of anilines is 2. The van der Waals surface area contributed by atoms with E-state index >= 15 is 0 Å². The number of nitrogens with one attached hydrogen (secondary N) is 1. The van der Waals surface area contributed by atoms with Crippen molar-refractivity contribution in [3.63, 3.8) is 0 Å². The topological polar surface area (TPSA) is 97.5 Å². The average molecular weight is 468 g/mol. The number of rotatable bonds is 9. The first-order valence-electron chi connectivity index (χ1n) is 11.6. The van der Waals surface area contributed by atoms with Crippen LogP contribution in [0.2, 0.25) is 5.02 Å². The highest BCUT2D eigenvalue weighted by Gasteiger charge is 2.20. The van der Waals surface area contributed by atoms with E-state index in [0.29, 0.717) is 39.9 Å². The normalized spacial score (nSPS) is 14.0. The molecule has 0 bridgehead atoms. The lowest BCUT2D eigenvalue weighted by Gasteiger charge is -2.18. The largest absolute Gasteiger partial charge is 0.492 e. The number of halogens is 1. The molecule has 0 spiro atoms. The van der Waals surface area contributed by atoms with Crippen molar-refractivity contribution in [2.24, 2.45) is 5.73 Å². The Morgan fingerprint density at radius 3 is 2.73 bits per heavy atom. The van der Waals surface area contributed by atoms with Crippen LogP contribution in [-0.2, 0) is 6.61 Å². The predicted molar refractivity (Wildman–Crippen MR) is 133 cm³/mol. The Morgan fingerprint density at radius 2 is 2.03 bits per heavy atom. The Balaban J connectivity index is 1.80. The van der Waals surface area contributed by atoms with Crippen LogP contribution in [0.5, 0.6) is 5.75 Å². The number of carbonyl (C=O) groups excluding carboxylic acids is 1. The van der Waals surface area contributed by atoms with Crippen molar-refractivity contribution in [1.82, 2.24) is 4.98 Å². The molecule has 2 aromatic carbocycles. The molecule has 6 nitrogen and oxygen atoms in total. The smallest absolute Gasteiger partial charge is 0.252 e. The van der Waals surface area contributed by atoms with Gasteiger partial charge in [-0.15, -0.1) is 0 Å². The number of nitrogens with two attached hydrogens (primary N) is 1. The molecular weight excluding hydrogens is 438 g/mol. The number of fused-ring (bicyclic) bond motifs is 1. The molecule has 4 N–H and O–H groups in total. The van der Waals surface area contributed by atoms with Gasteiger partial charge in [-0.2, -0.15) is 0 Å². The maximum absolute atomic E-state index is 12.3. The highest BCUT2D eigenvalue weighted by molar-refractivity contribution is 6.33. The molecule has 174 valence electrons. The zero-order valence-electron chi connectivity index (χ0n) is 18.9. The van der Waals surface area contributed by atoms with Gasteiger partial charge in [-0.25, -0.2) is 0 Å². The number of hydrogen-bond acceptors (Lipinski definition) is 5. The SMILES string of the molecule is CCCCOc1cc2c(Nc3cc(CO)cc(C4CCCC4)c3)c(C(N)=O)cnc2cc1Cl. The van der Waals surface area contributed by atoms with Gasteiger partial charge in [0.15, 0.2) is 0 Å². The summed E-state index contributed by atoms with van der Waals surface area (Å²) >= 11 is 6.43. The Hall–Kier alpha value is -2.83. The lowest BCUT2D eigenvalue weighted by molar-refractivity contribution is 0.100. The molecule has 33 heavy (non-hydrogen) atoms. The molecular formula is C26H30ClN3O3. The van der Waals surface area contributed by atoms with Crippen LogP contribution in [0, 0.1) is 0 Å². The first kappa shape index (κ1) is 23.3. The van der Waals surface area contributed by atoms with Crippen LogP contribution in [0.1, 0.15) is 72.9 Å². The summed E-state index contributed by atoms with van der Waals surface area (Å²) < 4.78 is 5.88. The van der Waals surface area contributed by atoms with Crippen LogP contribution >= 0.6 is 11.6 Å². The first-order valence-corrected chi connectivity index (χ1v) is 11.9. The summed E-state index contributed by atoms with van der Waals surface area (Å²) in [6, 6.07) is 9.61. The van der Waals surface area contributed by atoms with Gasteiger partial charge in [0.2, 0.25) is 0 Å². The Labute approximate surface area is 199 Å². The molecule has 0 radical (unpaired) electrons. The minimum Gasteiger partial charge on any atom is -0.492 e. The van der Waals surface area contributed by atoms with Crippen LogP contribution in [0.4, 0.5) is 11.4 Å². The monoisotopic (exact) mass is 467 g/mol. The second-order valence-electron chi connectivity index (χ2n) is 8.64. The number of nitrogens with zero attached hydrogens (tertiary/aromatic N) is 1. The number of primary amides is 1. The lowest BCUT2D eigenvalue weighted by atomic mass is 9.95. The number of unbranched alkanes of at least 4 members (excludes halogenated alkanes) is 1. The fourth-order valence-corrected chi connectivity index (χ4v) is 4.69. The van der Waals surface area contributed by atoms with Crippen LogP contribution in [0.3, 0.4) is 0 Å². The molecule has 4 rings (SSSR count). The van der Waals surface area contributed by atoms with Gasteiger partial charge < -0.3 is 20.9 Å². The van der Waals surface area contributed by atoms with E-state index in [1.807, 2.05) is 12.1 Å². The summed E-state index contributed by atoms with van der Waals surface area (Å²) in [5.74, 6) is 0.448. The number of amides is 1. The minimum absolute atomic E-state index is 0.0555. The fourth-order valence-electron chi connectivity index (χ4n) is 4.47. The molecule has 1 aromatic heterocycles. The van der Waals surface area contributed by atoms with Gasteiger partial charge in [-0.1, -0.05) is 43.9 Å². The average Bonchev–Trinajstić information content (AvgIpc) is 3.34. The molecule has 1 amide bonds. The van der Waals surface area contributed by atoms with Crippen LogP contribution in [-0.4, -0.2) is 22.6 Å². The summed E-state index contributed by atoms with van der Waals surface area (Å²) in [4.78, 5) is 16.7. The highest BCUT2D eigenvalue weighted by Crippen LogP contribution is 2.38. The van der Waals surface area contributed by atoms with E-state index in [1.165, 1.54) is 24.6 Å². The third-order valence-electron chi connectivity index (χ3n) is 6.24. The van der Waals surface area contributed by atoms with Crippen molar-refractivity contribution in [3.8, 4) is 5.75 Å². The summed E-state index contributed by atoms with van der Waals surface area (Å²) in [5, 5.41) is 14.4. The molecule has 1 saturated carbocycles. The van der Waals surface area contributed by atoms with E-state index in [1.54, 1.807) is 6.07 Å². The zero-order chi connectivity index (χ0) is 23.4. The summed E-state index contributed by atoms with van der Waals surface area (Å²) in [7, 11) is 0. The Kier molecular flexibility index (Phi) is 7.36. The molecule has 1 aliphatic carbocycles. The molecule has 3 aromatic rings. The standard InChI is InChI=1S/C26H30ClN3O3/c1-2-3-8-33-24-12-20-23(13-22(24)27)29-14-21(26(28)32)25(20)30-19-10-16(15-31)9-18(11-19)17-6-4-5-7-17/h9-14,17,31H,2-8,15H2,1H3,(H2,28,32)(H,29,30). The number of carbonyl (C=O) groups is 1. The van der Waals surface area contributed by atoms with Gasteiger partial charge in [-0.3, -0.25) is 9.78 Å². The second-order valence-corrected chi connectivity index (χ2v) is 9.05. The number of hydrogen-bond donors (Lipinski definition) is 3. The maximum atomic E-state index is 12.3. The lowest BCUT2D eigenvalue weighted by Crippen LogP contribution is -2.14. The number of ether oxygens (including phenoxy) is 1. The van der Waals surface area contributed by atoms with Gasteiger partial charge in [-0.05, 0) is 60.6 Å². The summed E-state index contributed by atoms with van der Waals surface area (Å²) in [6.45, 7) is 2.59. The molecule has 0 saturated heterocycles. The van der Waals surface area contributed by atoms with E-state index < -0.39 is 5.91 Å². The van der Waals surface area contributed by atoms with Gasteiger partial charge in [0, 0.05) is 17.3 Å². The van der Waals surface area contributed by atoms with Gasteiger partial charge in [0.1, 0.15) is 5.75 Å². The first-order chi connectivity index (χ1) is 16.0. The maximum Gasteiger partial charge on any atom is 0.252 e. The van der Waals surface area contributed by atoms with E-state index in [-0.39, 0.29) is 12.2 Å². The van der Waals surface area contributed by atoms with Gasteiger partial charge in [0.25, 0.3) is 5.91 Å². The number of benzene rings is 2. The van der Waals surface area contributed by atoms with Crippen molar-refractivity contribution in [2.45, 2.75) is 58.0 Å². The third kappa shape index (κ3) is 5.23. The van der Waals surface area contributed by atoms with Gasteiger partial charge in [0.05, 0.1) is 35.0 Å². The number of pyridine rings is 1. The quantitative estimate of drug-likeness (QED) is 0.332. The molecule has 0 aliphatic heterocycles. The predicted octanol–water partition coefficient (Wildman–Crippen LogP) is 6.06.